The molecule has 1 aliphatic heterocycles. The minimum atomic E-state index is -0.645. The van der Waals surface area contributed by atoms with E-state index in [2.05, 4.69) is 5.32 Å². The van der Waals surface area contributed by atoms with Gasteiger partial charge in [-0.25, -0.2) is 4.39 Å². The van der Waals surface area contributed by atoms with Gasteiger partial charge in [0.15, 0.2) is 11.5 Å². The van der Waals surface area contributed by atoms with Gasteiger partial charge in [-0.15, -0.1) is 0 Å². The largest absolute Gasteiger partial charge is 0.486 e. The maximum atomic E-state index is 13.7. The third kappa shape index (κ3) is 3.02. The Balaban J connectivity index is 1.55. The number of amides is 1. The lowest BCUT2D eigenvalue weighted by Crippen LogP contribution is -2.42. The molecular weight excluding hydrogens is 333 g/mol. The molecule has 5 heteroatoms. The van der Waals surface area contributed by atoms with Crippen LogP contribution in [0.25, 0.3) is 0 Å². The van der Waals surface area contributed by atoms with Gasteiger partial charge in [-0.3, -0.25) is 4.79 Å². The van der Waals surface area contributed by atoms with Crippen LogP contribution in [0.2, 0.25) is 0 Å². The predicted octanol–water partition coefficient (Wildman–Crippen LogP) is 3.73. The maximum absolute atomic E-state index is 13.7. The molecule has 4 nitrogen and oxygen atoms in total. The molecule has 2 aliphatic rings. The maximum Gasteiger partial charge on any atom is 0.230 e. The van der Waals surface area contributed by atoms with Crippen molar-refractivity contribution in [3.05, 3.63) is 59.4 Å². The first-order chi connectivity index (χ1) is 12.7. The molecule has 136 valence electrons. The smallest absolute Gasteiger partial charge is 0.230 e. The average Bonchev–Trinajstić information content (AvgIpc) is 3.17. The molecule has 0 aromatic heterocycles. The summed E-state index contributed by atoms with van der Waals surface area (Å²) in [6, 6.07) is 12.1. The Morgan fingerprint density at radius 1 is 1.08 bits per heavy atom. The van der Waals surface area contributed by atoms with E-state index in [4.69, 9.17) is 9.47 Å². The van der Waals surface area contributed by atoms with Gasteiger partial charge in [0, 0.05) is 12.1 Å². The van der Waals surface area contributed by atoms with Gasteiger partial charge in [0.2, 0.25) is 5.91 Å². The zero-order valence-electron chi connectivity index (χ0n) is 14.6. The second kappa shape index (κ2) is 6.98. The Morgan fingerprint density at radius 2 is 1.85 bits per heavy atom. The number of rotatable bonds is 4. The summed E-state index contributed by atoms with van der Waals surface area (Å²) in [5, 5.41) is 3.05. The second-order valence-electron chi connectivity index (χ2n) is 6.92. The number of hydrogen-bond donors (Lipinski definition) is 1. The third-order valence-electron chi connectivity index (χ3n) is 5.36. The van der Waals surface area contributed by atoms with Crippen molar-refractivity contribution in [1.82, 2.24) is 5.32 Å². The molecule has 1 N–H and O–H groups in total. The lowest BCUT2D eigenvalue weighted by molar-refractivity contribution is -0.126. The number of hydrogen-bond acceptors (Lipinski definition) is 3. The molecule has 0 atom stereocenters. The highest BCUT2D eigenvalue weighted by molar-refractivity contribution is 5.88. The van der Waals surface area contributed by atoms with E-state index < -0.39 is 5.41 Å². The van der Waals surface area contributed by atoms with Gasteiger partial charge in [-0.2, -0.15) is 0 Å². The number of carbonyl (C=O) groups excluding carboxylic acids is 1. The summed E-state index contributed by atoms with van der Waals surface area (Å²) in [5.41, 5.74) is 1.01. The van der Waals surface area contributed by atoms with Gasteiger partial charge < -0.3 is 14.8 Å². The SMILES string of the molecule is O=C(NCc1cccc2c1OCCO2)C1(c2cccc(F)c2)CCCC1. The van der Waals surface area contributed by atoms with Crippen molar-refractivity contribution in [2.45, 2.75) is 37.6 Å². The van der Waals surface area contributed by atoms with Crippen molar-refractivity contribution in [3.63, 3.8) is 0 Å². The van der Waals surface area contributed by atoms with Gasteiger partial charge in [0.05, 0.1) is 5.41 Å². The van der Waals surface area contributed by atoms with Crippen LogP contribution in [-0.2, 0) is 16.8 Å². The topological polar surface area (TPSA) is 47.6 Å². The summed E-state index contributed by atoms with van der Waals surface area (Å²) in [5.74, 6) is 1.06. The molecule has 1 aliphatic carbocycles. The number of nitrogens with one attached hydrogen (secondary N) is 1. The highest BCUT2D eigenvalue weighted by Crippen LogP contribution is 2.42. The van der Waals surface area contributed by atoms with Gasteiger partial charge in [0.1, 0.15) is 19.0 Å². The summed E-state index contributed by atoms with van der Waals surface area (Å²) in [4.78, 5) is 13.1. The Hall–Kier alpha value is -2.56. The Morgan fingerprint density at radius 3 is 2.65 bits per heavy atom. The van der Waals surface area contributed by atoms with E-state index in [0.29, 0.717) is 31.3 Å². The van der Waals surface area contributed by atoms with E-state index in [9.17, 15) is 9.18 Å². The monoisotopic (exact) mass is 355 g/mol. The van der Waals surface area contributed by atoms with Crippen LogP contribution >= 0.6 is 0 Å². The molecule has 2 aromatic carbocycles. The molecular formula is C21H22FNO3. The van der Waals surface area contributed by atoms with Crippen LogP contribution in [-0.4, -0.2) is 19.1 Å². The normalized spacial score (nSPS) is 17.7. The van der Waals surface area contributed by atoms with Gasteiger partial charge >= 0.3 is 0 Å². The van der Waals surface area contributed by atoms with E-state index >= 15 is 0 Å². The van der Waals surface area contributed by atoms with E-state index in [1.807, 2.05) is 24.3 Å². The number of benzene rings is 2. The van der Waals surface area contributed by atoms with Crippen LogP contribution < -0.4 is 14.8 Å². The quantitative estimate of drug-likeness (QED) is 0.909. The van der Waals surface area contributed by atoms with Crippen LogP contribution in [0.3, 0.4) is 0 Å². The van der Waals surface area contributed by atoms with Gasteiger partial charge in [-0.1, -0.05) is 37.1 Å². The number of para-hydroxylation sites is 1. The van der Waals surface area contributed by atoms with Gasteiger partial charge in [-0.05, 0) is 36.6 Å². The van der Waals surface area contributed by atoms with Crippen LogP contribution in [0.4, 0.5) is 4.39 Å². The first-order valence-corrected chi connectivity index (χ1v) is 9.11. The van der Waals surface area contributed by atoms with Crippen molar-refractivity contribution in [3.8, 4) is 11.5 Å². The molecule has 2 aromatic rings. The minimum absolute atomic E-state index is 0.0464. The second-order valence-corrected chi connectivity index (χ2v) is 6.92. The van der Waals surface area contributed by atoms with Crippen LogP contribution in [0.15, 0.2) is 42.5 Å². The van der Waals surface area contributed by atoms with Crippen molar-refractivity contribution in [2.75, 3.05) is 13.2 Å². The molecule has 1 fully saturated rings. The first-order valence-electron chi connectivity index (χ1n) is 9.11. The Bertz CT molecular complexity index is 815. The fraction of sp³-hybridized carbons (Fsp3) is 0.381. The summed E-state index contributed by atoms with van der Waals surface area (Å²) in [6.45, 7) is 1.40. The molecule has 4 rings (SSSR count). The van der Waals surface area contributed by atoms with Gasteiger partial charge in [0.25, 0.3) is 0 Å². The lowest BCUT2D eigenvalue weighted by atomic mass is 9.78. The first kappa shape index (κ1) is 16.9. The Labute approximate surface area is 152 Å². The van der Waals surface area contributed by atoms with Crippen LogP contribution in [0.5, 0.6) is 11.5 Å². The lowest BCUT2D eigenvalue weighted by Gasteiger charge is -2.29. The summed E-state index contributed by atoms with van der Waals surface area (Å²) >= 11 is 0. The average molecular weight is 355 g/mol. The Kier molecular flexibility index (Phi) is 4.53. The molecule has 0 bridgehead atoms. The minimum Gasteiger partial charge on any atom is -0.486 e. The predicted molar refractivity (Wildman–Crippen MR) is 95.8 cm³/mol. The summed E-state index contributed by atoms with van der Waals surface area (Å²) < 4.78 is 25.0. The zero-order chi connectivity index (χ0) is 18.0. The van der Waals surface area contributed by atoms with Crippen molar-refractivity contribution in [1.29, 1.82) is 0 Å². The van der Waals surface area contributed by atoms with E-state index in [0.717, 1.165) is 36.8 Å². The summed E-state index contributed by atoms with van der Waals surface area (Å²) in [6.07, 6.45) is 3.44. The standard InChI is InChI=1S/C21H22FNO3/c22-17-7-4-6-16(13-17)21(9-1-2-10-21)20(24)23-14-15-5-3-8-18-19(15)26-12-11-25-18/h3-8,13H,1-2,9-12,14H2,(H,23,24). The fourth-order valence-corrected chi connectivity index (χ4v) is 4.03. The van der Waals surface area contributed by atoms with Crippen LogP contribution in [0.1, 0.15) is 36.8 Å². The van der Waals surface area contributed by atoms with E-state index in [1.165, 1.54) is 12.1 Å². The molecule has 0 unspecified atom stereocenters. The van der Waals surface area contributed by atoms with Crippen molar-refractivity contribution in [2.24, 2.45) is 0 Å². The molecule has 1 heterocycles. The van der Waals surface area contributed by atoms with Crippen molar-refractivity contribution < 1.29 is 18.7 Å². The van der Waals surface area contributed by atoms with E-state index in [1.54, 1.807) is 6.07 Å². The molecule has 0 radical (unpaired) electrons. The summed E-state index contributed by atoms with van der Waals surface area (Å²) in [7, 11) is 0. The number of halogens is 1. The number of ether oxygens (including phenoxy) is 2. The molecule has 0 spiro atoms. The number of fused-ring (bicyclic) bond motifs is 1. The van der Waals surface area contributed by atoms with Crippen LogP contribution in [0, 0.1) is 5.82 Å². The molecule has 0 saturated heterocycles. The van der Waals surface area contributed by atoms with E-state index in [-0.39, 0.29) is 11.7 Å². The third-order valence-corrected chi connectivity index (χ3v) is 5.36. The van der Waals surface area contributed by atoms with Crippen molar-refractivity contribution >= 4 is 5.91 Å². The highest BCUT2D eigenvalue weighted by atomic mass is 19.1. The highest BCUT2D eigenvalue weighted by Gasteiger charge is 2.42. The molecule has 1 amide bonds. The zero-order valence-corrected chi connectivity index (χ0v) is 14.6. The molecule has 1 saturated carbocycles. The fourth-order valence-electron chi connectivity index (χ4n) is 4.03. The number of carbonyl (C=O) groups is 1. The molecule has 26 heavy (non-hydrogen) atoms.